The lowest BCUT2D eigenvalue weighted by Gasteiger charge is -2.17. The summed E-state index contributed by atoms with van der Waals surface area (Å²) in [5.74, 6) is 0.760. The van der Waals surface area contributed by atoms with Crippen molar-refractivity contribution in [2.45, 2.75) is 13.0 Å². The molecule has 1 aromatic rings. The summed E-state index contributed by atoms with van der Waals surface area (Å²) in [7, 11) is 5.57. The van der Waals surface area contributed by atoms with E-state index in [0.29, 0.717) is 16.6 Å². The third-order valence-corrected chi connectivity index (χ3v) is 3.96. The molecule has 0 aliphatic carbocycles. The molecule has 0 fully saturated rings. The minimum Gasteiger partial charge on any atom is -0.383 e. The van der Waals surface area contributed by atoms with Crippen molar-refractivity contribution in [2.75, 3.05) is 47.4 Å². The van der Waals surface area contributed by atoms with E-state index in [1.807, 2.05) is 12.1 Å². The minimum atomic E-state index is 0. The number of likely N-dealkylation sites (N-methyl/N-ethyl adjacent to an activating group) is 1. The van der Waals surface area contributed by atoms with E-state index in [-0.39, 0.29) is 24.0 Å². The third-order valence-electron chi connectivity index (χ3n) is 3.37. The Hall–Kier alpha value is -0.280. The fourth-order valence-corrected chi connectivity index (χ4v) is 2.45. The van der Waals surface area contributed by atoms with Crippen molar-refractivity contribution >= 4 is 53.1 Å². The first-order valence-electron chi connectivity index (χ1n) is 7.62. The smallest absolute Gasteiger partial charge is 0.191 e. The molecule has 0 saturated carbocycles. The quantitative estimate of drug-likeness (QED) is 0.242. The molecule has 24 heavy (non-hydrogen) atoms. The molecule has 0 aliphatic rings. The molecule has 0 unspecified atom stereocenters. The number of guanidine groups is 1. The van der Waals surface area contributed by atoms with Crippen LogP contribution in [0.5, 0.6) is 0 Å². The number of methoxy groups -OCH3 is 1. The number of benzene rings is 1. The van der Waals surface area contributed by atoms with E-state index in [4.69, 9.17) is 27.9 Å². The number of ether oxygens (including phenoxy) is 1. The molecule has 0 atom stereocenters. The second kappa shape index (κ2) is 13.9. The molecule has 0 saturated heterocycles. The average molecular weight is 489 g/mol. The Morgan fingerprint density at radius 1 is 1.25 bits per heavy atom. The maximum atomic E-state index is 6.16. The molecule has 2 N–H and O–H groups in total. The maximum Gasteiger partial charge on any atom is 0.191 e. The zero-order valence-electron chi connectivity index (χ0n) is 14.4. The molecule has 0 bridgehead atoms. The van der Waals surface area contributed by atoms with Gasteiger partial charge in [-0.25, -0.2) is 0 Å². The number of aliphatic imine (C=N–C) groups is 1. The van der Waals surface area contributed by atoms with Gasteiger partial charge in [0.05, 0.1) is 6.61 Å². The van der Waals surface area contributed by atoms with Gasteiger partial charge < -0.3 is 20.3 Å². The summed E-state index contributed by atoms with van der Waals surface area (Å²) in [6, 6.07) is 5.48. The predicted molar refractivity (Wildman–Crippen MR) is 114 cm³/mol. The molecule has 0 amide bonds. The Morgan fingerprint density at radius 2 is 2.00 bits per heavy atom. The molecule has 1 aromatic carbocycles. The van der Waals surface area contributed by atoms with E-state index in [9.17, 15) is 0 Å². The molecule has 0 aromatic heterocycles. The summed E-state index contributed by atoms with van der Waals surface area (Å²) in [5.41, 5.74) is 0.985. The van der Waals surface area contributed by atoms with Crippen LogP contribution in [0, 0.1) is 0 Å². The Balaban J connectivity index is 0.00000529. The van der Waals surface area contributed by atoms with Crippen molar-refractivity contribution in [1.82, 2.24) is 15.5 Å². The molecule has 0 heterocycles. The van der Waals surface area contributed by atoms with E-state index < -0.39 is 0 Å². The first-order chi connectivity index (χ1) is 11.1. The number of hydrogen-bond acceptors (Lipinski definition) is 3. The maximum absolute atomic E-state index is 6.16. The minimum absolute atomic E-state index is 0. The topological polar surface area (TPSA) is 48.9 Å². The van der Waals surface area contributed by atoms with Crippen LogP contribution in [0.15, 0.2) is 23.2 Å². The highest BCUT2D eigenvalue weighted by molar-refractivity contribution is 14.0. The Kier molecular flexibility index (Phi) is 13.8. The van der Waals surface area contributed by atoms with Crippen molar-refractivity contribution in [3.8, 4) is 0 Å². The molecule has 1 rings (SSSR count). The number of halogens is 3. The highest BCUT2D eigenvalue weighted by atomic mass is 127. The monoisotopic (exact) mass is 488 g/mol. The lowest BCUT2D eigenvalue weighted by atomic mass is 10.2. The first kappa shape index (κ1) is 23.7. The van der Waals surface area contributed by atoms with E-state index in [1.165, 1.54) is 0 Å². The molecule has 0 spiro atoms. The van der Waals surface area contributed by atoms with Gasteiger partial charge in [-0.2, -0.15) is 0 Å². The third kappa shape index (κ3) is 9.88. The molecule has 0 radical (unpaired) electrons. The van der Waals surface area contributed by atoms with Crippen LogP contribution < -0.4 is 10.6 Å². The Labute approximate surface area is 172 Å². The van der Waals surface area contributed by atoms with Gasteiger partial charge in [0.15, 0.2) is 5.96 Å². The van der Waals surface area contributed by atoms with Crippen LogP contribution in [0.1, 0.15) is 12.0 Å². The van der Waals surface area contributed by atoms with Gasteiger partial charge in [0.25, 0.3) is 0 Å². The van der Waals surface area contributed by atoms with Gasteiger partial charge in [0.2, 0.25) is 0 Å². The summed E-state index contributed by atoms with van der Waals surface area (Å²) in [6.45, 7) is 4.17. The fourth-order valence-electron chi connectivity index (χ4n) is 1.98. The zero-order valence-corrected chi connectivity index (χ0v) is 18.3. The largest absolute Gasteiger partial charge is 0.383 e. The van der Waals surface area contributed by atoms with Crippen LogP contribution in [0.3, 0.4) is 0 Å². The molecular formula is C16H27Cl2IN4O. The normalized spacial score (nSPS) is 11.3. The van der Waals surface area contributed by atoms with Crippen molar-refractivity contribution < 1.29 is 4.74 Å². The van der Waals surface area contributed by atoms with Gasteiger partial charge in [-0.1, -0.05) is 29.3 Å². The van der Waals surface area contributed by atoms with Gasteiger partial charge in [-0.05, 0) is 37.7 Å². The standard InChI is InChI=1S/C16H26Cl2N4O.HI/c1-19-16(20-7-4-8-22(2)9-10-23-3)21-12-13-5-6-14(17)11-15(13)18;/h5-6,11H,4,7-10,12H2,1-3H3,(H2,19,20,21);1H. The van der Waals surface area contributed by atoms with Crippen molar-refractivity contribution in [3.05, 3.63) is 33.8 Å². The summed E-state index contributed by atoms with van der Waals surface area (Å²) in [5, 5.41) is 7.83. The first-order valence-corrected chi connectivity index (χ1v) is 8.38. The number of hydrogen-bond donors (Lipinski definition) is 2. The summed E-state index contributed by atoms with van der Waals surface area (Å²) in [6.07, 6.45) is 1.03. The fraction of sp³-hybridized carbons (Fsp3) is 0.562. The van der Waals surface area contributed by atoms with Crippen LogP contribution >= 0.6 is 47.2 Å². The molecular weight excluding hydrogens is 462 g/mol. The molecule has 138 valence electrons. The van der Waals surface area contributed by atoms with Gasteiger partial charge >= 0.3 is 0 Å². The second-order valence-corrected chi connectivity index (χ2v) is 6.08. The van der Waals surface area contributed by atoms with Crippen molar-refractivity contribution in [2.24, 2.45) is 4.99 Å². The Bertz CT molecular complexity index is 503. The van der Waals surface area contributed by atoms with E-state index >= 15 is 0 Å². The molecule has 8 heteroatoms. The number of rotatable bonds is 9. The van der Waals surface area contributed by atoms with Gasteiger partial charge in [-0.15, -0.1) is 24.0 Å². The molecule has 0 aliphatic heterocycles. The van der Waals surface area contributed by atoms with Crippen molar-refractivity contribution in [3.63, 3.8) is 0 Å². The predicted octanol–water partition coefficient (Wildman–Crippen LogP) is 3.24. The summed E-state index contributed by atoms with van der Waals surface area (Å²) >= 11 is 12.1. The molecule has 5 nitrogen and oxygen atoms in total. The van der Waals surface area contributed by atoms with E-state index in [0.717, 1.165) is 44.2 Å². The second-order valence-electron chi connectivity index (χ2n) is 5.24. The zero-order chi connectivity index (χ0) is 17.1. The van der Waals surface area contributed by atoms with Crippen molar-refractivity contribution in [1.29, 1.82) is 0 Å². The van der Waals surface area contributed by atoms with Gasteiger partial charge in [0, 0.05) is 43.8 Å². The summed E-state index contributed by atoms with van der Waals surface area (Å²) < 4.78 is 5.06. The van der Waals surface area contributed by atoms with Crippen LogP contribution in [-0.4, -0.2) is 58.3 Å². The number of nitrogens with one attached hydrogen (secondary N) is 2. The van der Waals surface area contributed by atoms with Crippen LogP contribution in [0.25, 0.3) is 0 Å². The van der Waals surface area contributed by atoms with Crippen LogP contribution in [0.2, 0.25) is 10.0 Å². The average Bonchev–Trinajstić information content (AvgIpc) is 2.53. The highest BCUT2D eigenvalue weighted by Crippen LogP contribution is 2.20. The Morgan fingerprint density at radius 3 is 2.62 bits per heavy atom. The number of nitrogens with zero attached hydrogens (tertiary/aromatic N) is 2. The van der Waals surface area contributed by atoms with Crippen LogP contribution in [-0.2, 0) is 11.3 Å². The lowest BCUT2D eigenvalue weighted by molar-refractivity contribution is 0.161. The van der Waals surface area contributed by atoms with Gasteiger partial charge in [-0.3, -0.25) is 4.99 Å². The van der Waals surface area contributed by atoms with E-state index in [2.05, 4.69) is 27.6 Å². The summed E-state index contributed by atoms with van der Waals surface area (Å²) in [4.78, 5) is 6.45. The van der Waals surface area contributed by atoms with Crippen LogP contribution in [0.4, 0.5) is 0 Å². The highest BCUT2D eigenvalue weighted by Gasteiger charge is 2.03. The lowest BCUT2D eigenvalue weighted by Crippen LogP contribution is -2.38. The van der Waals surface area contributed by atoms with Gasteiger partial charge in [0.1, 0.15) is 0 Å². The van der Waals surface area contributed by atoms with E-state index in [1.54, 1.807) is 20.2 Å². The SMILES string of the molecule is CN=C(NCCCN(C)CCOC)NCc1ccc(Cl)cc1Cl.I.